The van der Waals surface area contributed by atoms with Crippen molar-refractivity contribution in [2.75, 3.05) is 0 Å². The Morgan fingerprint density at radius 1 is 1.14 bits per heavy atom. The first-order valence-electron chi connectivity index (χ1n) is 7.34. The van der Waals surface area contributed by atoms with Gasteiger partial charge in [0, 0.05) is 12.0 Å². The molecule has 22 heavy (non-hydrogen) atoms. The summed E-state index contributed by atoms with van der Waals surface area (Å²) < 4.78 is 5.61. The van der Waals surface area contributed by atoms with Gasteiger partial charge in [0.2, 0.25) is 5.78 Å². The zero-order valence-corrected chi connectivity index (χ0v) is 13.0. The molecule has 2 aromatic rings. The summed E-state index contributed by atoms with van der Waals surface area (Å²) in [5.41, 5.74) is 2.94. The molecule has 2 aromatic carbocycles. The number of ketones is 1. The lowest BCUT2D eigenvalue weighted by atomic mass is 10.0. The van der Waals surface area contributed by atoms with Crippen LogP contribution in [0.25, 0.3) is 0 Å². The fraction of sp³-hybridized carbons (Fsp3) is 0.263. The average molecular weight is 294 g/mol. The van der Waals surface area contributed by atoms with E-state index < -0.39 is 11.6 Å². The van der Waals surface area contributed by atoms with E-state index in [4.69, 9.17) is 4.74 Å². The Bertz CT molecular complexity index is 776. The molecule has 1 aliphatic rings. The van der Waals surface area contributed by atoms with Crippen molar-refractivity contribution in [3.8, 4) is 0 Å². The predicted molar refractivity (Wildman–Crippen MR) is 84.2 cm³/mol. The zero-order valence-electron chi connectivity index (χ0n) is 13.0. The van der Waals surface area contributed by atoms with Crippen LogP contribution in [0.1, 0.15) is 44.3 Å². The molecule has 3 rings (SSSR count). The molecule has 0 radical (unpaired) electrons. The minimum atomic E-state index is -1.12. The van der Waals surface area contributed by atoms with Crippen LogP contribution in [0.15, 0.2) is 42.5 Å². The third-order valence-electron chi connectivity index (χ3n) is 4.20. The lowest BCUT2D eigenvalue weighted by Crippen LogP contribution is -2.38. The number of carbonyl (C=O) groups is 2. The number of esters is 1. The van der Waals surface area contributed by atoms with Gasteiger partial charge in [-0.25, -0.2) is 4.79 Å². The first-order chi connectivity index (χ1) is 10.4. The number of benzene rings is 2. The highest BCUT2D eigenvalue weighted by Crippen LogP contribution is 2.34. The number of rotatable bonds is 2. The molecule has 0 bridgehead atoms. The summed E-state index contributed by atoms with van der Waals surface area (Å²) in [4.78, 5) is 25.0. The van der Waals surface area contributed by atoms with Gasteiger partial charge in [0.15, 0.2) is 5.60 Å². The van der Waals surface area contributed by atoms with Crippen molar-refractivity contribution in [3.05, 3.63) is 70.3 Å². The van der Waals surface area contributed by atoms with E-state index in [0.29, 0.717) is 17.5 Å². The van der Waals surface area contributed by atoms with Gasteiger partial charge in [-0.1, -0.05) is 42.0 Å². The molecular weight excluding hydrogens is 276 g/mol. The van der Waals surface area contributed by atoms with E-state index in [1.54, 1.807) is 19.1 Å². The lowest BCUT2D eigenvalue weighted by Gasteiger charge is -2.23. The maximum atomic E-state index is 12.6. The molecule has 0 saturated carbocycles. The van der Waals surface area contributed by atoms with Gasteiger partial charge in [0.05, 0.1) is 5.56 Å². The minimum absolute atomic E-state index is 0.121. The van der Waals surface area contributed by atoms with Crippen molar-refractivity contribution in [1.29, 1.82) is 0 Å². The molecule has 112 valence electrons. The molecule has 1 unspecified atom stereocenters. The Labute approximate surface area is 129 Å². The second-order valence-corrected chi connectivity index (χ2v) is 6.10. The van der Waals surface area contributed by atoms with Crippen molar-refractivity contribution in [2.24, 2.45) is 0 Å². The number of Topliss-reactive ketones (excluding diaryl/α,β-unsaturated/α-hetero) is 1. The van der Waals surface area contributed by atoms with Crippen molar-refractivity contribution in [3.63, 3.8) is 0 Å². The number of hydrogen-bond acceptors (Lipinski definition) is 3. The number of fused-ring (bicyclic) bond motifs is 1. The molecule has 0 spiro atoms. The van der Waals surface area contributed by atoms with Crippen LogP contribution in [0, 0.1) is 13.8 Å². The van der Waals surface area contributed by atoms with E-state index >= 15 is 0 Å². The topological polar surface area (TPSA) is 43.4 Å². The maximum Gasteiger partial charge on any atom is 0.339 e. The van der Waals surface area contributed by atoms with Crippen molar-refractivity contribution in [1.82, 2.24) is 0 Å². The lowest BCUT2D eigenvalue weighted by molar-refractivity contribution is 0.000440. The summed E-state index contributed by atoms with van der Waals surface area (Å²) in [5, 5.41) is 0. The Morgan fingerprint density at radius 3 is 2.59 bits per heavy atom. The van der Waals surface area contributed by atoms with E-state index in [0.717, 1.165) is 16.7 Å². The van der Waals surface area contributed by atoms with E-state index in [9.17, 15) is 9.59 Å². The largest absolute Gasteiger partial charge is 0.447 e. The highest BCUT2D eigenvalue weighted by molar-refractivity contribution is 6.08. The van der Waals surface area contributed by atoms with Crippen LogP contribution >= 0.6 is 0 Å². The fourth-order valence-corrected chi connectivity index (χ4v) is 2.96. The third-order valence-corrected chi connectivity index (χ3v) is 4.20. The SMILES string of the molecule is Cc1ccc2c(c1)CC(C)(OC(=O)c1ccccc1C)C2=O. The number of carbonyl (C=O) groups excluding carboxylic acids is 2. The predicted octanol–water partition coefficient (Wildman–Crippen LogP) is 3.66. The Hall–Kier alpha value is -2.42. The molecule has 0 N–H and O–H groups in total. The van der Waals surface area contributed by atoms with Gasteiger partial charge in [-0.05, 0) is 38.0 Å². The molecule has 1 aliphatic carbocycles. The highest BCUT2D eigenvalue weighted by Gasteiger charge is 2.45. The van der Waals surface area contributed by atoms with Crippen LogP contribution in [-0.4, -0.2) is 17.4 Å². The minimum Gasteiger partial charge on any atom is -0.447 e. The first-order valence-corrected chi connectivity index (χ1v) is 7.34. The van der Waals surface area contributed by atoms with Gasteiger partial charge in [-0.3, -0.25) is 4.79 Å². The molecule has 3 heteroatoms. The van der Waals surface area contributed by atoms with Crippen LogP contribution in [0.5, 0.6) is 0 Å². The zero-order chi connectivity index (χ0) is 15.9. The number of hydrogen-bond donors (Lipinski definition) is 0. The maximum absolute atomic E-state index is 12.6. The summed E-state index contributed by atoms with van der Waals surface area (Å²) in [6.45, 7) is 5.54. The average Bonchev–Trinajstić information content (AvgIpc) is 2.70. The molecule has 0 heterocycles. The third kappa shape index (κ3) is 2.33. The van der Waals surface area contributed by atoms with Crippen LogP contribution in [0.4, 0.5) is 0 Å². The molecule has 3 nitrogen and oxygen atoms in total. The van der Waals surface area contributed by atoms with Crippen molar-refractivity contribution >= 4 is 11.8 Å². The van der Waals surface area contributed by atoms with Crippen LogP contribution < -0.4 is 0 Å². The Balaban J connectivity index is 1.89. The summed E-state index contributed by atoms with van der Waals surface area (Å²) in [7, 11) is 0. The molecule has 0 saturated heterocycles. The monoisotopic (exact) mass is 294 g/mol. The van der Waals surface area contributed by atoms with E-state index in [1.165, 1.54) is 0 Å². The van der Waals surface area contributed by atoms with Crippen LogP contribution in [0.3, 0.4) is 0 Å². The standard InChI is InChI=1S/C19H18O3/c1-12-8-9-16-14(10-12)11-19(3,17(16)20)22-18(21)15-7-5-4-6-13(15)2/h4-10H,11H2,1-3H3. The van der Waals surface area contributed by atoms with Gasteiger partial charge < -0.3 is 4.74 Å². The van der Waals surface area contributed by atoms with Crippen molar-refractivity contribution in [2.45, 2.75) is 32.8 Å². The first kappa shape index (κ1) is 14.5. The molecular formula is C19H18O3. The second-order valence-electron chi connectivity index (χ2n) is 6.10. The van der Waals surface area contributed by atoms with Gasteiger partial charge in [-0.2, -0.15) is 0 Å². The molecule has 0 aromatic heterocycles. The van der Waals surface area contributed by atoms with Crippen LogP contribution in [0.2, 0.25) is 0 Å². The van der Waals surface area contributed by atoms with Gasteiger partial charge >= 0.3 is 5.97 Å². The normalized spacial score (nSPS) is 19.9. The summed E-state index contributed by atoms with van der Waals surface area (Å²) >= 11 is 0. The molecule has 0 fully saturated rings. The fourth-order valence-electron chi connectivity index (χ4n) is 2.96. The number of aryl methyl sites for hydroxylation is 2. The van der Waals surface area contributed by atoms with E-state index in [-0.39, 0.29) is 5.78 Å². The van der Waals surface area contributed by atoms with Crippen LogP contribution in [-0.2, 0) is 11.2 Å². The highest BCUT2D eigenvalue weighted by atomic mass is 16.6. The van der Waals surface area contributed by atoms with Crippen molar-refractivity contribution < 1.29 is 14.3 Å². The van der Waals surface area contributed by atoms with Gasteiger partial charge in [0.1, 0.15) is 0 Å². The summed E-state index contributed by atoms with van der Waals surface area (Å²) in [6, 6.07) is 12.9. The van der Waals surface area contributed by atoms with E-state index in [1.807, 2.05) is 44.2 Å². The quantitative estimate of drug-likeness (QED) is 0.794. The smallest absolute Gasteiger partial charge is 0.339 e. The van der Waals surface area contributed by atoms with E-state index in [2.05, 4.69) is 0 Å². The Morgan fingerprint density at radius 2 is 1.86 bits per heavy atom. The number of ether oxygens (including phenoxy) is 1. The summed E-state index contributed by atoms with van der Waals surface area (Å²) in [5.74, 6) is -0.567. The molecule has 0 aliphatic heterocycles. The molecule has 1 atom stereocenters. The van der Waals surface area contributed by atoms with Gasteiger partial charge in [0.25, 0.3) is 0 Å². The second kappa shape index (κ2) is 5.09. The Kier molecular flexibility index (Phi) is 3.36. The summed E-state index contributed by atoms with van der Waals surface area (Å²) in [6.07, 6.45) is 0.431. The molecule has 0 amide bonds. The van der Waals surface area contributed by atoms with Gasteiger partial charge in [-0.15, -0.1) is 0 Å².